The van der Waals surface area contributed by atoms with E-state index in [4.69, 9.17) is 9.84 Å². The zero-order valence-corrected chi connectivity index (χ0v) is 8.06. The molecule has 0 saturated carbocycles. The molecule has 3 N–H and O–H groups in total. The third-order valence-electron chi connectivity index (χ3n) is 1.43. The molecule has 0 fully saturated rings. The number of aliphatic hydroxyl groups is 1. The molecule has 0 saturated heterocycles. The lowest BCUT2D eigenvalue weighted by atomic mass is 10.3. The first kappa shape index (κ1) is 12.7. The van der Waals surface area contributed by atoms with Gasteiger partial charge >= 0.3 is 12.1 Å². The molecule has 0 aliphatic rings. The highest BCUT2D eigenvalue weighted by Crippen LogP contribution is 1.97. The molecule has 0 rings (SSSR count). The summed E-state index contributed by atoms with van der Waals surface area (Å²) in [6.07, 6.45) is -0.824. The van der Waals surface area contributed by atoms with E-state index in [2.05, 4.69) is 10.5 Å². The van der Waals surface area contributed by atoms with Crippen molar-refractivity contribution in [3.05, 3.63) is 0 Å². The zero-order chi connectivity index (χ0) is 11.0. The average Bonchev–Trinajstić information content (AvgIpc) is 2.14. The van der Waals surface area contributed by atoms with Crippen LogP contribution >= 0.6 is 0 Å². The molecule has 0 aromatic heterocycles. The summed E-state index contributed by atoms with van der Waals surface area (Å²) in [5.41, 5.74) is 4.68. The van der Waals surface area contributed by atoms with Crippen LogP contribution in [0.15, 0.2) is 0 Å². The molecule has 0 aliphatic heterocycles. The van der Waals surface area contributed by atoms with Gasteiger partial charge in [0.05, 0.1) is 13.2 Å². The van der Waals surface area contributed by atoms with Crippen molar-refractivity contribution in [2.24, 2.45) is 5.73 Å². The van der Waals surface area contributed by atoms with Crippen LogP contribution in [0.4, 0.5) is 4.79 Å². The van der Waals surface area contributed by atoms with Gasteiger partial charge in [0, 0.05) is 0 Å². The Balaban J connectivity index is 3.85. The number of rotatable bonds is 6. The van der Waals surface area contributed by atoms with Crippen molar-refractivity contribution < 1.29 is 24.2 Å². The Morgan fingerprint density at radius 3 is 2.57 bits per heavy atom. The van der Waals surface area contributed by atoms with Crippen molar-refractivity contribution in [3.63, 3.8) is 0 Å². The van der Waals surface area contributed by atoms with Crippen molar-refractivity contribution in [1.29, 1.82) is 0 Å². The molecule has 0 aromatic rings. The Labute approximate surface area is 82.0 Å². The number of primary amides is 1. The van der Waals surface area contributed by atoms with Crippen LogP contribution in [0.3, 0.4) is 0 Å². The first-order valence-electron chi connectivity index (χ1n) is 4.35. The molecule has 1 amide bonds. The van der Waals surface area contributed by atoms with Gasteiger partial charge in [-0.1, -0.05) is 13.3 Å². The van der Waals surface area contributed by atoms with Crippen LogP contribution < -0.4 is 5.73 Å². The molecular formula is C8H15NO5. The van der Waals surface area contributed by atoms with E-state index in [-0.39, 0.29) is 6.61 Å². The number of esters is 1. The second-order valence-corrected chi connectivity index (χ2v) is 2.63. The number of ether oxygens (including phenoxy) is 2. The largest absolute Gasteiger partial charge is 0.463 e. The molecule has 0 aliphatic carbocycles. The molecule has 0 radical (unpaired) electrons. The molecule has 6 nitrogen and oxygen atoms in total. The molecule has 0 aromatic carbocycles. The Kier molecular flexibility index (Phi) is 6.47. The molecule has 82 valence electrons. The van der Waals surface area contributed by atoms with Gasteiger partial charge in [0.15, 0.2) is 0 Å². The third kappa shape index (κ3) is 5.36. The standard InChI is InChI=1S/C8H15NO5/c1-2-3-4-13-7(11)6(5-10)14-8(9)12/h6,10H,2-5H2,1H3,(H2,9,12). The molecule has 0 heterocycles. The van der Waals surface area contributed by atoms with Crippen LogP contribution in [0, 0.1) is 0 Å². The summed E-state index contributed by atoms with van der Waals surface area (Å²) in [6.45, 7) is 1.55. The summed E-state index contributed by atoms with van der Waals surface area (Å²) in [4.78, 5) is 21.4. The molecule has 14 heavy (non-hydrogen) atoms. The predicted molar refractivity (Wildman–Crippen MR) is 47.4 cm³/mol. The smallest absolute Gasteiger partial charge is 0.405 e. The second-order valence-electron chi connectivity index (χ2n) is 2.63. The quantitative estimate of drug-likeness (QED) is 0.461. The minimum absolute atomic E-state index is 0.244. The lowest BCUT2D eigenvalue weighted by Gasteiger charge is -2.12. The highest BCUT2D eigenvalue weighted by Gasteiger charge is 2.22. The van der Waals surface area contributed by atoms with Crippen LogP contribution in [-0.4, -0.2) is 36.5 Å². The van der Waals surface area contributed by atoms with Gasteiger partial charge in [0.2, 0.25) is 6.10 Å². The monoisotopic (exact) mass is 205 g/mol. The molecular weight excluding hydrogens is 190 g/mol. The first-order valence-corrected chi connectivity index (χ1v) is 4.35. The summed E-state index contributed by atoms with van der Waals surface area (Å²) in [5, 5.41) is 8.67. The van der Waals surface area contributed by atoms with Crippen LogP contribution in [-0.2, 0) is 14.3 Å². The second kappa shape index (κ2) is 7.14. The van der Waals surface area contributed by atoms with E-state index in [1.807, 2.05) is 6.92 Å². The Morgan fingerprint density at radius 2 is 2.14 bits per heavy atom. The highest BCUT2D eigenvalue weighted by molar-refractivity contribution is 5.78. The topological polar surface area (TPSA) is 98.8 Å². The number of hydrogen-bond donors (Lipinski definition) is 2. The van der Waals surface area contributed by atoms with Gasteiger partial charge in [-0.15, -0.1) is 0 Å². The van der Waals surface area contributed by atoms with Crippen molar-refractivity contribution >= 4 is 12.1 Å². The maximum Gasteiger partial charge on any atom is 0.405 e. The number of unbranched alkanes of at least 4 members (excludes halogenated alkanes) is 1. The molecule has 6 heteroatoms. The minimum Gasteiger partial charge on any atom is -0.463 e. The molecule has 0 bridgehead atoms. The SMILES string of the molecule is CCCCOC(=O)C(CO)OC(N)=O. The van der Waals surface area contributed by atoms with E-state index < -0.39 is 24.8 Å². The van der Waals surface area contributed by atoms with Crippen LogP contribution in [0.2, 0.25) is 0 Å². The van der Waals surface area contributed by atoms with E-state index in [9.17, 15) is 9.59 Å². The maximum atomic E-state index is 11.1. The summed E-state index contributed by atoms with van der Waals surface area (Å²) < 4.78 is 9.01. The van der Waals surface area contributed by atoms with E-state index in [0.717, 1.165) is 12.8 Å². The molecule has 1 unspecified atom stereocenters. The fourth-order valence-electron chi connectivity index (χ4n) is 0.710. The van der Waals surface area contributed by atoms with Gasteiger partial charge in [-0.2, -0.15) is 0 Å². The third-order valence-corrected chi connectivity index (χ3v) is 1.43. The lowest BCUT2D eigenvalue weighted by Crippen LogP contribution is -2.34. The van der Waals surface area contributed by atoms with Crippen LogP contribution in [0.5, 0.6) is 0 Å². The van der Waals surface area contributed by atoms with Gasteiger partial charge in [-0.05, 0) is 6.42 Å². The number of aliphatic hydroxyl groups excluding tert-OH is 1. The average molecular weight is 205 g/mol. The van der Waals surface area contributed by atoms with Crippen molar-refractivity contribution in [2.75, 3.05) is 13.2 Å². The minimum atomic E-state index is -1.32. The van der Waals surface area contributed by atoms with E-state index in [1.165, 1.54) is 0 Å². The van der Waals surface area contributed by atoms with Gasteiger partial charge in [0.25, 0.3) is 0 Å². The number of hydrogen-bond acceptors (Lipinski definition) is 5. The molecule has 1 atom stereocenters. The van der Waals surface area contributed by atoms with Crippen molar-refractivity contribution in [1.82, 2.24) is 0 Å². The van der Waals surface area contributed by atoms with Crippen molar-refractivity contribution in [3.8, 4) is 0 Å². The van der Waals surface area contributed by atoms with Crippen molar-refractivity contribution in [2.45, 2.75) is 25.9 Å². The summed E-state index contributed by atoms with van der Waals surface area (Å²) in [6, 6.07) is 0. The highest BCUT2D eigenvalue weighted by atomic mass is 16.6. The fraction of sp³-hybridized carbons (Fsp3) is 0.750. The van der Waals surface area contributed by atoms with Crippen LogP contribution in [0.1, 0.15) is 19.8 Å². The zero-order valence-electron chi connectivity index (χ0n) is 8.06. The van der Waals surface area contributed by atoms with E-state index in [1.54, 1.807) is 0 Å². The Morgan fingerprint density at radius 1 is 1.50 bits per heavy atom. The molecule has 0 spiro atoms. The predicted octanol–water partition coefficient (Wildman–Crippen LogP) is -0.214. The normalized spacial score (nSPS) is 11.9. The van der Waals surface area contributed by atoms with Gasteiger partial charge in [-0.25, -0.2) is 9.59 Å². The van der Waals surface area contributed by atoms with Crippen LogP contribution in [0.25, 0.3) is 0 Å². The van der Waals surface area contributed by atoms with Gasteiger partial charge in [0.1, 0.15) is 0 Å². The van der Waals surface area contributed by atoms with E-state index in [0.29, 0.717) is 0 Å². The summed E-state index contributed by atoms with van der Waals surface area (Å²) in [5.74, 6) is -0.778. The number of carbonyl (C=O) groups excluding carboxylic acids is 2. The Hall–Kier alpha value is -1.30. The number of nitrogens with two attached hydrogens (primary N) is 1. The fourth-order valence-corrected chi connectivity index (χ4v) is 0.710. The summed E-state index contributed by atoms with van der Waals surface area (Å²) in [7, 11) is 0. The van der Waals surface area contributed by atoms with Gasteiger partial charge in [-0.3, -0.25) is 0 Å². The van der Waals surface area contributed by atoms with Gasteiger partial charge < -0.3 is 20.3 Å². The maximum absolute atomic E-state index is 11.1. The lowest BCUT2D eigenvalue weighted by molar-refractivity contribution is -0.155. The number of amides is 1. The first-order chi connectivity index (χ1) is 6.61. The van der Waals surface area contributed by atoms with E-state index >= 15 is 0 Å². The number of carbonyl (C=O) groups is 2. The summed E-state index contributed by atoms with van der Waals surface area (Å²) >= 11 is 0. The Bertz CT molecular complexity index is 194.